The Kier molecular flexibility index (Phi) is 3.11. The van der Waals surface area contributed by atoms with Gasteiger partial charge in [0.2, 0.25) is 0 Å². The van der Waals surface area contributed by atoms with Crippen molar-refractivity contribution in [2.45, 2.75) is 78.1 Å². The van der Waals surface area contributed by atoms with Gasteiger partial charge in [0.1, 0.15) is 0 Å². The van der Waals surface area contributed by atoms with Crippen LogP contribution in [0.2, 0.25) is 0 Å². The molecule has 0 amide bonds. The van der Waals surface area contributed by atoms with Gasteiger partial charge in [-0.3, -0.25) is 9.97 Å². The molecule has 2 fully saturated rings. The molecular weight excluding hydrogens is 340 g/mol. The van der Waals surface area contributed by atoms with Crippen LogP contribution in [0.5, 0.6) is 0 Å². The van der Waals surface area contributed by atoms with E-state index >= 15 is 0 Å². The van der Waals surface area contributed by atoms with Gasteiger partial charge in [0, 0.05) is 23.2 Å². The molecule has 2 aromatic heterocycles. The van der Waals surface area contributed by atoms with Gasteiger partial charge in [-0.05, 0) is 70.6 Å². The van der Waals surface area contributed by atoms with Crippen LogP contribution in [-0.2, 0) is 0 Å². The van der Waals surface area contributed by atoms with Gasteiger partial charge in [-0.25, -0.2) is 0 Å². The summed E-state index contributed by atoms with van der Waals surface area (Å²) in [5.74, 6) is 4.16. The Morgan fingerprint density at radius 1 is 0.679 bits per heavy atom. The molecule has 2 aromatic rings. The third-order valence-corrected chi connectivity index (χ3v) is 9.14. The average Bonchev–Trinajstić information content (AvgIpc) is 3.42. The molecule has 28 heavy (non-hydrogen) atoms. The van der Waals surface area contributed by atoms with Gasteiger partial charge < -0.3 is 0 Å². The Bertz CT molecular complexity index is 920. The summed E-state index contributed by atoms with van der Waals surface area (Å²) in [5, 5.41) is 0. The van der Waals surface area contributed by atoms with Crippen molar-refractivity contribution in [3.8, 4) is 11.4 Å². The largest absolute Gasteiger partial charge is 0.251 e. The van der Waals surface area contributed by atoms with Crippen molar-refractivity contribution in [2.75, 3.05) is 0 Å². The van der Waals surface area contributed by atoms with Crippen LogP contribution >= 0.6 is 0 Å². The zero-order valence-electron chi connectivity index (χ0n) is 18.1. The normalized spacial score (nSPS) is 37.9. The summed E-state index contributed by atoms with van der Waals surface area (Å²) in [6.45, 7) is 14.4. The zero-order chi connectivity index (χ0) is 19.6. The van der Waals surface area contributed by atoms with E-state index in [1.807, 2.05) is 0 Å². The number of rotatable bonds is 1. The fourth-order valence-electron chi connectivity index (χ4n) is 7.06. The average molecular weight is 373 g/mol. The monoisotopic (exact) mass is 372 g/mol. The van der Waals surface area contributed by atoms with Gasteiger partial charge in [0.15, 0.2) is 0 Å². The van der Waals surface area contributed by atoms with Crippen LogP contribution in [0.4, 0.5) is 0 Å². The Morgan fingerprint density at radius 3 is 1.46 bits per heavy atom. The van der Waals surface area contributed by atoms with Crippen LogP contribution in [0.15, 0.2) is 24.3 Å². The SMILES string of the molecule is C[C@@H]1C[C@H]2[C@@H](c3nc(-c4ccc5c(n4)[C@@H]4[C@H](C[C@H]5C)C4(C)C)ccc31)C2(C)C. The molecule has 6 rings (SSSR count). The van der Waals surface area contributed by atoms with E-state index in [2.05, 4.69) is 65.8 Å². The third kappa shape index (κ3) is 2.05. The van der Waals surface area contributed by atoms with E-state index in [0.717, 1.165) is 23.2 Å². The highest BCUT2D eigenvalue weighted by molar-refractivity contribution is 5.59. The first-order valence-electron chi connectivity index (χ1n) is 11.2. The lowest BCUT2D eigenvalue weighted by atomic mass is 9.86. The fourth-order valence-corrected chi connectivity index (χ4v) is 7.06. The minimum Gasteiger partial charge on any atom is -0.251 e. The van der Waals surface area contributed by atoms with Crippen LogP contribution in [0.1, 0.15) is 101 Å². The molecular formula is C26H32N2. The van der Waals surface area contributed by atoms with Crippen LogP contribution < -0.4 is 0 Å². The second-order valence-electron chi connectivity index (χ2n) is 11.4. The zero-order valence-corrected chi connectivity index (χ0v) is 18.1. The van der Waals surface area contributed by atoms with Crippen molar-refractivity contribution in [1.29, 1.82) is 0 Å². The van der Waals surface area contributed by atoms with E-state index in [1.165, 1.54) is 35.4 Å². The van der Waals surface area contributed by atoms with Crippen LogP contribution in [0, 0.1) is 22.7 Å². The molecule has 0 N–H and O–H groups in total. The lowest BCUT2D eigenvalue weighted by Gasteiger charge is -2.23. The van der Waals surface area contributed by atoms with Crippen molar-refractivity contribution in [2.24, 2.45) is 22.7 Å². The quantitative estimate of drug-likeness (QED) is 0.561. The maximum Gasteiger partial charge on any atom is 0.0889 e. The van der Waals surface area contributed by atoms with E-state index < -0.39 is 0 Å². The Morgan fingerprint density at radius 2 is 1.07 bits per heavy atom. The smallest absolute Gasteiger partial charge is 0.0889 e. The van der Waals surface area contributed by atoms with E-state index in [9.17, 15) is 0 Å². The highest BCUT2D eigenvalue weighted by Crippen LogP contribution is 2.71. The highest BCUT2D eigenvalue weighted by atomic mass is 14.9. The highest BCUT2D eigenvalue weighted by Gasteiger charge is 2.62. The van der Waals surface area contributed by atoms with E-state index in [4.69, 9.17) is 9.97 Å². The van der Waals surface area contributed by atoms with Crippen molar-refractivity contribution < 1.29 is 0 Å². The number of fused-ring (bicyclic) bond motifs is 6. The molecule has 0 aromatic carbocycles. The van der Waals surface area contributed by atoms with Gasteiger partial charge in [-0.1, -0.05) is 53.7 Å². The number of hydrogen-bond acceptors (Lipinski definition) is 2. The van der Waals surface area contributed by atoms with E-state index in [-0.39, 0.29) is 0 Å². The van der Waals surface area contributed by atoms with Crippen molar-refractivity contribution in [1.82, 2.24) is 9.97 Å². The maximum absolute atomic E-state index is 5.23. The second-order valence-corrected chi connectivity index (χ2v) is 11.4. The van der Waals surface area contributed by atoms with Gasteiger partial charge in [0.25, 0.3) is 0 Å². The molecule has 0 radical (unpaired) electrons. The van der Waals surface area contributed by atoms with Gasteiger partial charge >= 0.3 is 0 Å². The number of nitrogens with zero attached hydrogens (tertiary/aromatic N) is 2. The van der Waals surface area contributed by atoms with Crippen LogP contribution in [0.3, 0.4) is 0 Å². The second kappa shape index (κ2) is 5.07. The van der Waals surface area contributed by atoms with Gasteiger partial charge in [0.05, 0.1) is 11.4 Å². The minimum absolute atomic E-state index is 0.412. The summed E-state index contributed by atoms with van der Waals surface area (Å²) in [5.41, 5.74) is 8.66. The first-order valence-corrected chi connectivity index (χ1v) is 11.2. The van der Waals surface area contributed by atoms with Crippen molar-refractivity contribution >= 4 is 0 Å². The predicted molar refractivity (Wildman–Crippen MR) is 114 cm³/mol. The van der Waals surface area contributed by atoms with Gasteiger partial charge in [-0.2, -0.15) is 0 Å². The van der Waals surface area contributed by atoms with Crippen molar-refractivity contribution in [3.05, 3.63) is 46.8 Å². The Balaban J connectivity index is 1.44. The summed E-state index contributed by atoms with van der Waals surface area (Å²) in [7, 11) is 0. The number of hydrogen-bond donors (Lipinski definition) is 0. The summed E-state index contributed by atoms with van der Waals surface area (Å²) >= 11 is 0. The molecule has 0 unspecified atom stereocenters. The summed E-state index contributed by atoms with van der Waals surface area (Å²) in [4.78, 5) is 10.5. The van der Waals surface area contributed by atoms with Crippen molar-refractivity contribution in [3.63, 3.8) is 0 Å². The molecule has 4 aliphatic carbocycles. The molecule has 6 atom stereocenters. The fraction of sp³-hybridized carbons (Fsp3) is 0.615. The lowest BCUT2D eigenvalue weighted by Crippen LogP contribution is -2.11. The third-order valence-electron chi connectivity index (χ3n) is 9.14. The van der Waals surface area contributed by atoms with Crippen LogP contribution in [-0.4, -0.2) is 9.97 Å². The van der Waals surface area contributed by atoms with E-state index in [1.54, 1.807) is 0 Å². The van der Waals surface area contributed by atoms with Crippen LogP contribution in [0.25, 0.3) is 11.4 Å². The van der Waals surface area contributed by atoms with Gasteiger partial charge in [-0.15, -0.1) is 0 Å². The molecule has 0 bridgehead atoms. The molecule has 2 heteroatoms. The maximum atomic E-state index is 5.23. The summed E-state index contributed by atoms with van der Waals surface area (Å²) in [6, 6.07) is 9.14. The predicted octanol–water partition coefficient (Wildman–Crippen LogP) is 6.64. The summed E-state index contributed by atoms with van der Waals surface area (Å²) in [6.07, 6.45) is 2.64. The Labute approximate surface area is 169 Å². The lowest BCUT2D eigenvalue weighted by molar-refractivity contribution is 0.500. The molecule has 2 saturated carbocycles. The number of aromatic nitrogens is 2. The molecule has 4 aliphatic rings. The molecule has 0 aliphatic heterocycles. The summed E-state index contributed by atoms with van der Waals surface area (Å²) < 4.78 is 0. The molecule has 0 spiro atoms. The first kappa shape index (κ1) is 17.2. The Hall–Kier alpha value is -1.70. The van der Waals surface area contributed by atoms with E-state index in [0.29, 0.717) is 34.5 Å². The molecule has 2 nitrogen and oxygen atoms in total. The molecule has 2 heterocycles. The molecule has 146 valence electrons. The molecule has 0 saturated heterocycles. The topological polar surface area (TPSA) is 25.8 Å². The minimum atomic E-state index is 0.412. The first-order chi connectivity index (χ1) is 13.2. The number of pyridine rings is 2. The standard InChI is InChI=1S/C26H32N2/c1-13-11-17-21(25(17,3)4)23-15(13)7-9-19(27-23)20-10-8-16-14(2)12-18-22(24(16)28-20)26(18,5)6/h7-10,13-14,17-18,21-22H,11-12H2,1-6H3/t13-,14-,17+,18+,21+,22+/m1/s1.